The lowest BCUT2D eigenvalue weighted by molar-refractivity contribution is -0.139. The van der Waals surface area contributed by atoms with Gasteiger partial charge in [0.15, 0.2) is 0 Å². The summed E-state index contributed by atoms with van der Waals surface area (Å²) < 4.78 is 35.7. The SMILES string of the molecule is CCOc1ccc(N(CC(=O)N(Cc2ccc(Br)cc2)C(C)C(=O)NC)S(=O)(=O)c2ccc(Br)cc2)cc1. The van der Waals surface area contributed by atoms with Gasteiger partial charge < -0.3 is 15.0 Å². The highest BCUT2D eigenvalue weighted by Crippen LogP contribution is 2.27. The van der Waals surface area contributed by atoms with Crippen LogP contribution in [0.2, 0.25) is 0 Å². The van der Waals surface area contributed by atoms with Crippen LogP contribution in [0.3, 0.4) is 0 Å². The van der Waals surface area contributed by atoms with E-state index in [0.29, 0.717) is 18.0 Å². The molecule has 202 valence electrons. The molecule has 0 aliphatic heterocycles. The van der Waals surface area contributed by atoms with Crippen molar-refractivity contribution in [2.45, 2.75) is 31.3 Å². The molecule has 3 rings (SSSR count). The number of anilines is 1. The monoisotopic (exact) mass is 665 g/mol. The molecule has 8 nitrogen and oxygen atoms in total. The average molecular weight is 667 g/mol. The van der Waals surface area contributed by atoms with Crippen molar-refractivity contribution in [3.63, 3.8) is 0 Å². The summed E-state index contributed by atoms with van der Waals surface area (Å²) in [5, 5.41) is 2.57. The largest absolute Gasteiger partial charge is 0.494 e. The number of ether oxygens (including phenoxy) is 1. The average Bonchev–Trinajstić information content (AvgIpc) is 2.91. The maximum atomic E-state index is 13.8. The van der Waals surface area contributed by atoms with Crippen LogP contribution in [0.15, 0.2) is 86.6 Å². The predicted molar refractivity (Wildman–Crippen MR) is 155 cm³/mol. The van der Waals surface area contributed by atoms with E-state index in [1.807, 2.05) is 31.2 Å². The Balaban J connectivity index is 2.02. The highest BCUT2D eigenvalue weighted by atomic mass is 79.9. The lowest BCUT2D eigenvalue weighted by atomic mass is 10.1. The van der Waals surface area contributed by atoms with Crippen LogP contribution >= 0.6 is 31.9 Å². The first-order valence-corrected chi connectivity index (χ1v) is 14.9. The minimum atomic E-state index is -4.14. The number of carbonyl (C=O) groups excluding carboxylic acids is 2. The van der Waals surface area contributed by atoms with Gasteiger partial charge in [-0.1, -0.05) is 44.0 Å². The van der Waals surface area contributed by atoms with Crippen LogP contribution in [0.1, 0.15) is 19.4 Å². The van der Waals surface area contributed by atoms with E-state index in [0.717, 1.165) is 18.8 Å². The zero-order valence-electron chi connectivity index (χ0n) is 21.2. The summed E-state index contributed by atoms with van der Waals surface area (Å²) >= 11 is 6.72. The molecule has 3 aromatic rings. The molecule has 0 radical (unpaired) electrons. The van der Waals surface area contributed by atoms with Crippen molar-refractivity contribution in [3.05, 3.63) is 87.3 Å². The lowest BCUT2D eigenvalue weighted by Gasteiger charge is -2.31. The van der Waals surface area contributed by atoms with Crippen molar-refractivity contribution in [2.75, 3.05) is 24.5 Å². The van der Waals surface area contributed by atoms with Crippen molar-refractivity contribution in [1.82, 2.24) is 10.2 Å². The van der Waals surface area contributed by atoms with Gasteiger partial charge in [0.25, 0.3) is 10.0 Å². The van der Waals surface area contributed by atoms with Crippen molar-refractivity contribution in [2.24, 2.45) is 0 Å². The summed E-state index contributed by atoms with van der Waals surface area (Å²) in [6.45, 7) is 3.53. The number of halogens is 2. The second-order valence-electron chi connectivity index (χ2n) is 8.33. The topological polar surface area (TPSA) is 96.0 Å². The number of benzene rings is 3. The molecule has 0 spiro atoms. The molecule has 11 heteroatoms. The molecular formula is C27H29Br2N3O5S. The van der Waals surface area contributed by atoms with Gasteiger partial charge >= 0.3 is 0 Å². The Kier molecular flexibility index (Phi) is 10.3. The molecule has 1 unspecified atom stereocenters. The van der Waals surface area contributed by atoms with E-state index in [4.69, 9.17) is 4.74 Å². The van der Waals surface area contributed by atoms with Gasteiger partial charge in [0.2, 0.25) is 11.8 Å². The zero-order valence-corrected chi connectivity index (χ0v) is 25.2. The molecule has 0 aromatic heterocycles. The van der Waals surface area contributed by atoms with Crippen molar-refractivity contribution < 1.29 is 22.7 Å². The summed E-state index contributed by atoms with van der Waals surface area (Å²) in [7, 11) is -2.65. The van der Waals surface area contributed by atoms with E-state index < -0.39 is 28.5 Å². The van der Waals surface area contributed by atoms with Crippen LogP contribution in [0.5, 0.6) is 5.75 Å². The van der Waals surface area contributed by atoms with Crippen LogP contribution in [-0.2, 0) is 26.2 Å². The third kappa shape index (κ3) is 7.36. The first kappa shape index (κ1) is 29.7. The predicted octanol–water partition coefficient (Wildman–Crippen LogP) is 4.97. The standard InChI is InChI=1S/C27H29Br2N3O5S/c1-4-37-24-13-11-23(12-14-24)32(38(35,36)25-15-9-22(29)10-16-25)18-26(33)31(19(2)27(34)30-3)17-20-5-7-21(28)8-6-20/h5-16,19H,4,17-18H2,1-3H3,(H,30,34). The molecule has 0 saturated carbocycles. The number of hydrogen-bond acceptors (Lipinski definition) is 5. The number of hydrogen-bond donors (Lipinski definition) is 1. The van der Waals surface area contributed by atoms with Gasteiger partial charge in [0, 0.05) is 22.5 Å². The van der Waals surface area contributed by atoms with Gasteiger partial charge in [-0.25, -0.2) is 8.42 Å². The number of amides is 2. The Labute approximate surface area is 240 Å². The minimum absolute atomic E-state index is 0.0289. The fraction of sp³-hybridized carbons (Fsp3) is 0.259. The van der Waals surface area contributed by atoms with Gasteiger partial charge in [-0.05, 0) is 80.1 Å². The van der Waals surface area contributed by atoms with Crippen LogP contribution in [-0.4, -0.2) is 51.4 Å². The maximum Gasteiger partial charge on any atom is 0.264 e. The fourth-order valence-electron chi connectivity index (χ4n) is 3.72. The highest BCUT2D eigenvalue weighted by Gasteiger charge is 2.32. The van der Waals surface area contributed by atoms with Gasteiger partial charge in [-0.3, -0.25) is 13.9 Å². The summed E-state index contributed by atoms with van der Waals surface area (Å²) in [6, 6.07) is 19.2. The molecule has 1 atom stereocenters. The number of nitrogens with one attached hydrogen (secondary N) is 1. The Morgan fingerprint density at radius 2 is 1.47 bits per heavy atom. The molecule has 0 fully saturated rings. The maximum absolute atomic E-state index is 13.8. The number of carbonyl (C=O) groups is 2. The summed E-state index contributed by atoms with van der Waals surface area (Å²) in [5.41, 5.74) is 1.08. The Morgan fingerprint density at radius 1 is 0.921 bits per heavy atom. The normalized spacial score (nSPS) is 11.9. The molecule has 0 heterocycles. The van der Waals surface area contributed by atoms with Crippen LogP contribution < -0.4 is 14.4 Å². The number of sulfonamides is 1. The molecule has 3 aromatic carbocycles. The van der Waals surface area contributed by atoms with Crippen LogP contribution in [0.25, 0.3) is 0 Å². The van der Waals surface area contributed by atoms with Crippen molar-refractivity contribution >= 4 is 59.4 Å². The molecule has 0 bridgehead atoms. The zero-order chi connectivity index (χ0) is 27.9. The second-order valence-corrected chi connectivity index (χ2v) is 12.0. The van der Waals surface area contributed by atoms with E-state index >= 15 is 0 Å². The Morgan fingerprint density at radius 3 is 2.00 bits per heavy atom. The van der Waals surface area contributed by atoms with Crippen molar-refractivity contribution in [3.8, 4) is 5.75 Å². The van der Waals surface area contributed by atoms with E-state index in [2.05, 4.69) is 37.2 Å². The third-order valence-electron chi connectivity index (χ3n) is 5.80. The van der Waals surface area contributed by atoms with Gasteiger partial charge in [-0.2, -0.15) is 0 Å². The summed E-state index contributed by atoms with van der Waals surface area (Å²) in [6.07, 6.45) is 0. The van der Waals surface area contributed by atoms with Crippen molar-refractivity contribution in [1.29, 1.82) is 0 Å². The molecule has 0 aliphatic rings. The third-order valence-corrected chi connectivity index (χ3v) is 8.64. The fourth-order valence-corrected chi connectivity index (χ4v) is 5.66. The van der Waals surface area contributed by atoms with E-state index in [-0.39, 0.29) is 17.3 Å². The number of rotatable bonds is 11. The number of likely N-dealkylation sites (N-methyl/N-ethyl adjacent to an activating group) is 1. The molecule has 0 aliphatic carbocycles. The van der Waals surface area contributed by atoms with E-state index in [1.54, 1.807) is 43.3 Å². The lowest BCUT2D eigenvalue weighted by Crippen LogP contribution is -2.50. The van der Waals surface area contributed by atoms with Crippen LogP contribution in [0, 0.1) is 0 Å². The second kappa shape index (κ2) is 13.3. The van der Waals surface area contributed by atoms with Gasteiger partial charge in [0.05, 0.1) is 17.2 Å². The molecule has 1 N–H and O–H groups in total. The van der Waals surface area contributed by atoms with Crippen LogP contribution in [0.4, 0.5) is 5.69 Å². The first-order valence-electron chi connectivity index (χ1n) is 11.8. The summed E-state index contributed by atoms with van der Waals surface area (Å²) in [5.74, 6) is -0.314. The molecule has 0 saturated heterocycles. The molecule has 38 heavy (non-hydrogen) atoms. The minimum Gasteiger partial charge on any atom is -0.494 e. The van der Waals surface area contributed by atoms with Gasteiger partial charge in [0.1, 0.15) is 18.3 Å². The molecule has 2 amide bonds. The molecular weight excluding hydrogens is 638 g/mol. The number of nitrogens with zero attached hydrogens (tertiary/aromatic N) is 2. The quantitative estimate of drug-likeness (QED) is 0.312. The first-order chi connectivity index (χ1) is 18.1. The highest BCUT2D eigenvalue weighted by molar-refractivity contribution is 9.10. The Bertz CT molecular complexity index is 1350. The smallest absolute Gasteiger partial charge is 0.264 e. The van der Waals surface area contributed by atoms with Gasteiger partial charge in [-0.15, -0.1) is 0 Å². The van der Waals surface area contributed by atoms with E-state index in [1.165, 1.54) is 24.1 Å². The Hall–Kier alpha value is -2.89. The summed E-state index contributed by atoms with van der Waals surface area (Å²) in [4.78, 5) is 27.7. The van der Waals surface area contributed by atoms with E-state index in [9.17, 15) is 18.0 Å².